The number of amides is 1. The van der Waals surface area contributed by atoms with Crippen LogP contribution in [0.5, 0.6) is 0 Å². The molecular weight excluding hydrogens is 296 g/mol. The first-order valence-electron chi connectivity index (χ1n) is 8.03. The lowest BCUT2D eigenvalue weighted by molar-refractivity contribution is -0.121. The summed E-state index contributed by atoms with van der Waals surface area (Å²) >= 11 is 0. The molecular formula is C17H26N2O4. The molecule has 128 valence electrons. The molecule has 1 N–H and O–H groups in total. The van der Waals surface area contributed by atoms with Gasteiger partial charge in [0.1, 0.15) is 6.61 Å². The molecule has 23 heavy (non-hydrogen) atoms. The highest BCUT2D eigenvalue weighted by molar-refractivity contribution is 5.91. The standard InChI is InChI=1S/C17H26N2O4/c1-21-12-13-23-14-17(20)18-16-4-2-15(3-5-16)6-7-19-8-10-22-11-9-19/h2-5H,6-14H2,1H3,(H,18,20). The van der Waals surface area contributed by atoms with Crippen molar-refractivity contribution in [1.82, 2.24) is 4.90 Å². The summed E-state index contributed by atoms with van der Waals surface area (Å²) in [6.07, 6.45) is 1.01. The highest BCUT2D eigenvalue weighted by atomic mass is 16.5. The normalized spacial score (nSPS) is 15.5. The topological polar surface area (TPSA) is 60.0 Å². The molecule has 1 amide bonds. The molecule has 1 saturated heterocycles. The van der Waals surface area contributed by atoms with Gasteiger partial charge in [0.15, 0.2) is 0 Å². The molecule has 1 aromatic rings. The largest absolute Gasteiger partial charge is 0.382 e. The molecule has 0 unspecified atom stereocenters. The summed E-state index contributed by atoms with van der Waals surface area (Å²) in [5.41, 5.74) is 2.06. The van der Waals surface area contributed by atoms with Crippen LogP contribution in [-0.2, 0) is 25.4 Å². The summed E-state index contributed by atoms with van der Waals surface area (Å²) in [4.78, 5) is 14.1. The molecule has 6 nitrogen and oxygen atoms in total. The van der Waals surface area contributed by atoms with Crippen molar-refractivity contribution >= 4 is 11.6 Å². The highest BCUT2D eigenvalue weighted by Gasteiger charge is 2.09. The van der Waals surface area contributed by atoms with Crippen molar-refractivity contribution in [2.24, 2.45) is 0 Å². The third-order valence-electron chi connectivity index (χ3n) is 3.72. The van der Waals surface area contributed by atoms with Crippen LogP contribution >= 0.6 is 0 Å². The Morgan fingerprint density at radius 3 is 2.65 bits per heavy atom. The number of anilines is 1. The Morgan fingerprint density at radius 2 is 1.96 bits per heavy atom. The first kappa shape index (κ1) is 17.9. The van der Waals surface area contributed by atoms with Crippen molar-refractivity contribution < 1.29 is 19.0 Å². The maximum atomic E-state index is 11.7. The van der Waals surface area contributed by atoms with E-state index in [0.29, 0.717) is 13.2 Å². The van der Waals surface area contributed by atoms with Gasteiger partial charge in [0.25, 0.3) is 0 Å². The summed E-state index contributed by atoms with van der Waals surface area (Å²) in [5.74, 6) is -0.151. The van der Waals surface area contributed by atoms with Crippen LogP contribution in [-0.4, -0.2) is 70.6 Å². The zero-order chi connectivity index (χ0) is 16.3. The molecule has 0 aliphatic carbocycles. The second-order valence-electron chi connectivity index (χ2n) is 5.49. The van der Waals surface area contributed by atoms with Gasteiger partial charge in [-0.1, -0.05) is 12.1 Å². The number of morpholine rings is 1. The maximum Gasteiger partial charge on any atom is 0.250 e. The Kier molecular flexibility index (Phi) is 8.03. The van der Waals surface area contributed by atoms with Crippen LogP contribution in [0, 0.1) is 0 Å². The number of carbonyl (C=O) groups is 1. The molecule has 1 aliphatic heterocycles. The van der Waals surface area contributed by atoms with Crippen molar-refractivity contribution in [2.75, 3.05) is 65.1 Å². The molecule has 0 radical (unpaired) electrons. The second kappa shape index (κ2) is 10.3. The molecule has 1 aliphatic rings. The van der Waals surface area contributed by atoms with Crippen molar-refractivity contribution in [2.45, 2.75) is 6.42 Å². The molecule has 6 heteroatoms. The van der Waals surface area contributed by atoms with E-state index in [4.69, 9.17) is 14.2 Å². The average molecular weight is 322 g/mol. The zero-order valence-corrected chi connectivity index (χ0v) is 13.8. The van der Waals surface area contributed by atoms with Crippen LogP contribution in [0.3, 0.4) is 0 Å². The lowest BCUT2D eigenvalue weighted by Crippen LogP contribution is -2.37. The Bertz CT molecular complexity index is 458. The molecule has 0 saturated carbocycles. The second-order valence-corrected chi connectivity index (χ2v) is 5.49. The van der Waals surface area contributed by atoms with Gasteiger partial charge in [-0.15, -0.1) is 0 Å². The SMILES string of the molecule is COCCOCC(=O)Nc1ccc(CCN2CCOCC2)cc1. The monoisotopic (exact) mass is 322 g/mol. The van der Waals surface area contributed by atoms with E-state index in [0.717, 1.165) is 45.0 Å². The van der Waals surface area contributed by atoms with Crippen LogP contribution < -0.4 is 5.32 Å². The minimum atomic E-state index is -0.151. The first-order chi connectivity index (χ1) is 11.3. The van der Waals surface area contributed by atoms with Crippen molar-refractivity contribution in [1.29, 1.82) is 0 Å². The number of nitrogens with one attached hydrogen (secondary N) is 1. The zero-order valence-electron chi connectivity index (χ0n) is 13.8. The summed E-state index contributed by atoms with van der Waals surface area (Å²) in [7, 11) is 1.60. The molecule has 0 spiro atoms. The van der Waals surface area contributed by atoms with Gasteiger partial charge in [0.2, 0.25) is 5.91 Å². The van der Waals surface area contributed by atoms with E-state index in [-0.39, 0.29) is 12.5 Å². The van der Waals surface area contributed by atoms with Crippen LogP contribution in [0.15, 0.2) is 24.3 Å². The number of carbonyl (C=O) groups excluding carboxylic acids is 1. The van der Waals surface area contributed by atoms with Gasteiger partial charge >= 0.3 is 0 Å². The van der Waals surface area contributed by atoms with E-state index in [1.165, 1.54) is 5.56 Å². The smallest absolute Gasteiger partial charge is 0.250 e. The molecule has 0 atom stereocenters. The Morgan fingerprint density at radius 1 is 1.22 bits per heavy atom. The summed E-state index contributed by atoms with van der Waals surface area (Å²) < 4.78 is 15.4. The average Bonchev–Trinajstić information content (AvgIpc) is 2.59. The van der Waals surface area contributed by atoms with Gasteiger partial charge < -0.3 is 19.5 Å². The molecule has 1 heterocycles. The summed E-state index contributed by atoms with van der Waals surface area (Å²) in [6, 6.07) is 7.98. The van der Waals surface area contributed by atoms with Crippen LogP contribution in [0.2, 0.25) is 0 Å². The number of rotatable bonds is 9. The maximum absolute atomic E-state index is 11.7. The third-order valence-corrected chi connectivity index (χ3v) is 3.72. The van der Waals surface area contributed by atoms with E-state index in [9.17, 15) is 4.79 Å². The number of methoxy groups -OCH3 is 1. The summed E-state index contributed by atoms with van der Waals surface area (Å²) in [6.45, 7) is 5.68. The van der Waals surface area contributed by atoms with Crippen molar-refractivity contribution in [3.63, 3.8) is 0 Å². The Labute approximate surface area is 137 Å². The quantitative estimate of drug-likeness (QED) is 0.692. The van der Waals surface area contributed by atoms with Crippen LogP contribution in [0.1, 0.15) is 5.56 Å². The fourth-order valence-corrected chi connectivity index (χ4v) is 2.37. The van der Waals surface area contributed by atoms with E-state index in [1.807, 2.05) is 12.1 Å². The third kappa shape index (κ3) is 7.09. The predicted octanol–water partition coefficient (Wildman–Crippen LogP) is 1.16. The highest BCUT2D eigenvalue weighted by Crippen LogP contribution is 2.11. The fourth-order valence-electron chi connectivity index (χ4n) is 2.37. The first-order valence-corrected chi connectivity index (χ1v) is 8.03. The van der Waals surface area contributed by atoms with E-state index >= 15 is 0 Å². The molecule has 2 rings (SSSR count). The number of nitrogens with zero attached hydrogens (tertiary/aromatic N) is 1. The minimum absolute atomic E-state index is 0.0438. The van der Waals surface area contributed by atoms with Gasteiger partial charge in [0.05, 0.1) is 26.4 Å². The van der Waals surface area contributed by atoms with Gasteiger partial charge in [-0.2, -0.15) is 0 Å². The van der Waals surface area contributed by atoms with E-state index < -0.39 is 0 Å². The molecule has 1 fully saturated rings. The number of benzene rings is 1. The number of ether oxygens (including phenoxy) is 3. The minimum Gasteiger partial charge on any atom is -0.382 e. The molecule has 0 aromatic heterocycles. The predicted molar refractivity (Wildman–Crippen MR) is 88.7 cm³/mol. The van der Waals surface area contributed by atoms with Gasteiger partial charge in [-0.25, -0.2) is 0 Å². The Balaban J connectivity index is 1.68. The summed E-state index contributed by atoms with van der Waals surface area (Å²) in [5, 5.41) is 2.82. The van der Waals surface area contributed by atoms with Gasteiger partial charge in [0, 0.05) is 32.4 Å². The number of hydrogen-bond donors (Lipinski definition) is 1. The van der Waals surface area contributed by atoms with Crippen molar-refractivity contribution in [3.05, 3.63) is 29.8 Å². The van der Waals surface area contributed by atoms with E-state index in [1.54, 1.807) is 7.11 Å². The lowest BCUT2D eigenvalue weighted by Gasteiger charge is -2.26. The fraction of sp³-hybridized carbons (Fsp3) is 0.588. The van der Waals surface area contributed by atoms with Crippen molar-refractivity contribution in [3.8, 4) is 0 Å². The van der Waals surface area contributed by atoms with Crippen LogP contribution in [0.25, 0.3) is 0 Å². The number of hydrogen-bond acceptors (Lipinski definition) is 5. The van der Waals surface area contributed by atoms with Gasteiger partial charge in [-0.3, -0.25) is 9.69 Å². The Hall–Kier alpha value is -1.47. The van der Waals surface area contributed by atoms with E-state index in [2.05, 4.69) is 22.3 Å². The lowest BCUT2D eigenvalue weighted by atomic mass is 10.1. The van der Waals surface area contributed by atoms with Gasteiger partial charge in [-0.05, 0) is 24.1 Å². The molecule has 1 aromatic carbocycles. The molecule has 0 bridgehead atoms. The van der Waals surface area contributed by atoms with Crippen LogP contribution in [0.4, 0.5) is 5.69 Å².